The minimum atomic E-state index is 0.0552. The van der Waals surface area contributed by atoms with E-state index in [1.807, 2.05) is 6.92 Å². The van der Waals surface area contributed by atoms with Crippen LogP contribution in [-0.4, -0.2) is 29.0 Å². The number of anilines is 1. The third-order valence-corrected chi connectivity index (χ3v) is 2.72. The number of nitrogens with zero attached hydrogens (tertiary/aromatic N) is 2. The van der Waals surface area contributed by atoms with Gasteiger partial charge >= 0.3 is 0 Å². The van der Waals surface area contributed by atoms with Crippen LogP contribution in [0.1, 0.15) is 18.7 Å². The Labute approximate surface area is 94.7 Å². The molecule has 16 heavy (non-hydrogen) atoms. The average molecular weight is 220 g/mol. The lowest BCUT2D eigenvalue weighted by atomic mass is 9.99. The SMILES string of the molecule is Cc1ncc(NC(=O)C2CCCNC2)cn1. The summed E-state index contributed by atoms with van der Waals surface area (Å²) < 4.78 is 0. The third-order valence-electron chi connectivity index (χ3n) is 2.72. The zero-order valence-corrected chi connectivity index (χ0v) is 9.36. The first kappa shape index (κ1) is 11.0. The van der Waals surface area contributed by atoms with E-state index in [0.717, 1.165) is 25.9 Å². The summed E-state index contributed by atoms with van der Waals surface area (Å²) in [6.07, 6.45) is 5.28. The van der Waals surface area contributed by atoms with Gasteiger partial charge in [0.15, 0.2) is 0 Å². The molecule has 0 radical (unpaired) electrons. The smallest absolute Gasteiger partial charge is 0.228 e. The topological polar surface area (TPSA) is 66.9 Å². The van der Waals surface area contributed by atoms with Gasteiger partial charge in [0.05, 0.1) is 24.0 Å². The summed E-state index contributed by atoms with van der Waals surface area (Å²) in [5.74, 6) is 0.826. The minimum Gasteiger partial charge on any atom is -0.323 e. The van der Waals surface area contributed by atoms with Gasteiger partial charge in [0.25, 0.3) is 0 Å². The second kappa shape index (κ2) is 5.03. The van der Waals surface area contributed by atoms with Crippen LogP contribution in [0, 0.1) is 12.8 Å². The number of rotatable bonds is 2. The Morgan fingerprint density at radius 1 is 1.50 bits per heavy atom. The van der Waals surface area contributed by atoms with Crippen molar-refractivity contribution in [1.82, 2.24) is 15.3 Å². The Hall–Kier alpha value is -1.49. The summed E-state index contributed by atoms with van der Waals surface area (Å²) >= 11 is 0. The maximum atomic E-state index is 11.8. The van der Waals surface area contributed by atoms with E-state index in [2.05, 4.69) is 20.6 Å². The summed E-state index contributed by atoms with van der Waals surface area (Å²) in [4.78, 5) is 19.9. The quantitative estimate of drug-likeness (QED) is 0.770. The van der Waals surface area contributed by atoms with Gasteiger partial charge in [0, 0.05) is 6.54 Å². The molecule has 0 aliphatic carbocycles. The molecule has 1 aliphatic heterocycles. The highest BCUT2D eigenvalue weighted by molar-refractivity contribution is 5.92. The van der Waals surface area contributed by atoms with Gasteiger partial charge in [-0.15, -0.1) is 0 Å². The van der Waals surface area contributed by atoms with E-state index in [1.165, 1.54) is 0 Å². The van der Waals surface area contributed by atoms with Crippen LogP contribution in [0.4, 0.5) is 5.69 Å². The van der Waals surface area contributed by atoms with Crippen LogP contribution < -0.4 is 10.6 Å². The van der Waals surface area contributed by atoms with Gasteiger partial charge in [-0.1, -0.05) is 0 Å². The van der Waals surface area contributed by atoms with E-state index in [-0.39, 0.29) is 11.8 Å². The zero-order chi connectivity index (χ0) is 11.4. The fourth-order valence-electron chi connectivity index (χ4n) is 1.78. The molecule has 0 spiro atoms. The molecule has 1 atom stereocenters. The highest BCUT2D eigenvalue weighted by Gasteiger charge is 2.20. The average Bonchev–Trinajstić information content (AvgIpc) is 2.33. The number of hydrogen-bond donors (Lipinski definition) is 2. The van der Waals surface area contributed by atoms with Crippen molar-refractivity contribution in [2.45, 2.75) is 19.8 Å². The number of aryl methyl sites for hydroxylation is 1. The van der Waals surface area contributed by atoms with Crippen molar-refractivity contribution in [3.05, 3.63) is 18.2 Å². The molecule has 1 aliphatic rings. The number of aromatic nitrogens is 2. The second-order valence-electron chi connectivity index (χ2n) is 4.05. The molecular weight excluding hydrogens is 204 g/mol. The van der Waals surface area contributed by atoms with E-state index >= 15 is 0 Å². The van der Waals surface area contributed by atoms with Gasteiger partial charge in [-0.05, 0) is 26.3 Å². The van der Waals surface area contributed by atoms with Gasteiger partial charge in [-0.25, -0.2) is 9.97 Å². The number of carbonyl (C=O) groups excluding carboxylic acids is 1. The molecule has 0 aromatic carbocycles. The number of piperidine rings is 1. The molecule has 5 heteroatoms. The van der Waals surface area contributed by atoms with Gasteiger partial charge in [-0.3, -0.25) is 4.79 Å². The normalized spacial score (nSPS) is 20.4. The summed E-state index contributed by atoms with van der Waals surface area (Å²) in [6, 6.07) is 0. The van der Waals surface area contributed by atoms with Crippen molar-refractivity contribution in [2.75, 3.05) is 18.4 Å². The lowest BCUT2D eigenvalue weighted by Gasteiger charge is -2.21. The maximum absolute atomic E-state index is 11.8. The number of amides is 1. The molecule has 5 nitrogen and oxygen atoms in total. The number of hydrogen-bond acceptors (Lipinski definition) is 4. The predicted molar refractivity (Wildman–Crippen MR) is 61.0 cm³/mol. The van der Waals surface area contributed by atoms with Gasteiger partial charge < -0.3 is 10.6 Å². The summed E-state index contributed by atoms with van der Waals surface area (Å²) in [6.45, 7) is 3.59. The van der Waals surface area contributed by atoms with Crippen molar-refractivity contribution in [3.63, 3.8) is 0 Å². The summed E-state index contributed by atoms with van der Waals surface area (Å²) in [5, 5.41) is 6.05. The Kier molecular flexibility index (Phi) is 3.46. The first-order valence-corrected chi connectivity index (χ1v) is 5.56. The number of carbonyl (C=O) groups is 1. The van der Waals surface area contributed by atoms with Crippen LogP contribution in [0.2, 0.25) is 0 Å². The van der Waals surface area contributed by atoms with Crippen molar-refractivity contribution in [2.24, 2.45) is 5.92 Å². The van der Waals surface area contributed by atoms with Crippen LogP contribution in [-0.2, 0) is 4.79 Å². The van der Waals surface area contributed by atoms with Gasteiger partial charge in [0.1, 0.15) is 5.82 Å². The zero-order valence-electron chi connectivity index (χ0n) is 9.36. The Morgan fingerprint density at radius 3 is 2.88 bits per heavy atom. The van der Waals surface area contributed by atoms with E-state index in [4.69, 9.17) is 0 Å². The monoisotopic (exact) mass is 220 g/mol. The molecule has 1 amide bonds. The standard InChI is InChI=1S/C11H16N4O/c1-8-13-6-10(7-14-8)15-11(16)9-3-2-4-12-5-9/h6-7,9,12H,2-5H2,1H3,(H,15,16). The Bertz CT molecular complexity index is 357. The third kappa shape index (κ3) is 2.76. The largest absolute Gasteiger partial charge is 0.323 e. The van der Waals surface area contributed by atoms with Gasteiger partial charge in [0.2, 0.25) is 5.91 Å². The molecule has 2 N–H and O–H groups in total. The Balaban J connectivity index is 1.93. The predicted octanol–water partition coefficient (Wildman–Crippen LogP) is 0.723. The lowest BCUT2D eigenvalue weighted by molar-refractivity contribution is -0.120. The second-order valence-corrected chi connectivity index (χ2v) is 4.05. The van der Waals surface area contributed by atoms with Crippen molar-refractivity contribution in [3.8, 4) is 0 Å². The van der Waals surface area contributed by atoms with Gasteiger partial charge in [-0.2, -0.15) is 0 Å². The van der Waals surface area contributed by atoms with Crippen molar-refractivity contribution in [1.29, 1.82) is 0 Å². The van der Waals surface area contributed by atoms with Crippen LogP contribution >= 0.6 is 0 Å². The molecule has 1 fully saturated rings. The molecule has 1 saturated heterocycles. The highest BCUT2D eigenvalue weighted by Crippen LogP contribution is 2.13. The fourth-order valence-corrected chi connectivity index (χ4v) is 1.78. The lowest BCUT2D eigenvalue weighted by Crippen LogP contribution is -2.37. The van der Waals surface area contributed by atoms with E-state index in [0.29, 0.717) is 11.5 Å². The molecule has 2 rings (SSSR count). The Morgan fingerprint density at radius 2 is 2.25 bits per heavy atom. The van der Waals surface area contributed by atoms with E-state index < -0.39 is 0 Å². The van der Waals surface area contributed by atoms with Crippen molar-refractivity contribution >= 4 is 11.6 Å². The summed E-state index contributed by atoms with van der Waals surface area (Å²) in [5.41, 5.74) is 0.668. The van der Waals surface area contributed by atoms with Crippen LogP contribution in [0.3, 0.4) is 0 Å². The first-order chi connectivity index (χ1) is 7.75. The molecule has 2 heterocycles. The molecule has 0 bridgehead atoms. The molecular formula is C11H16N4O. The van der Waals surface area contributed by atoms with Crippen LogP contribution in [0.5, 0.6) is 0 Å². The molecule has 86 valence electrons. The summed E-state index contributed by atoms with van der Waals surface area (Å²) in [7, 11) is 0. The fraction of sp³-hybridized carbons (Fsp3) is 0.545. The first-order valence-electron chi connectivity index (χ1n) is 5.56. The van der Waals surface area contributed by atoms with E-state index in [1.54, 1.807) is 12.4 Å². The molecule has 1 unspecified atom stereocenters. The molecule has 0 saturated carbocycles. The minimum absolute atomic E-state index is 0.0552. The molecule has 1 aromatic rings. The van der Waals surface area contributed by atoms with Crippen molar-refractivity contribution < 1.29 is 4.79 Å². The maximum Gasteiger partial charge on any atom is 0.228 e. The van der Waals surface area contributed by atoms with E-state index in [9.17, 15) is 4.79 Å². The highest BCUT2D eigenvalue weighted by atomic mass is 16.1. The molecule has 1 aromatic heterocycles. The van der Waals surface area contributed by atoms with Crippen LogP contribution in [0.25, 0.3) is 0 Å². The number of nitrogens with one attached hydrogen (secondary N) is 2. The van der Waals surface area contributed by atoms with Crippen LogP contribution in [0.15, 0.2) is 12.4 Å².